The van der Waals surface area contributed by atoms with Crippen molar-refractivity contribution in [2.45, 2.75) is 30.8 Å². The number of methoxy groups -OCH3 is 2. The molecule has 2 aromatic carbocycles. The van der Waals surface area contributed by atoms with Gasteiger partial charge in [0, 0.05) is 26.0 Å². The zero-order valence-electron chi connectivity index (χ0n) is 16.3. The van der Waals surface area contributed by atoms with E-state index in [0.29, 0.717) is 5.69 Å². The van der Waals surface area contributed by atoms with E-state index in [1.807, 2.05) is 24.3 Å². The van der Waals surface area contributed by atoms with Crippen LogP contribution >= 0.6 is 0 Å². The van der Waals surface area contributed by atoms with E-state index >= 15 is 0 Å². The minimum absolute atomic E-state index is 0.0447. The van der Waals surface area contributed by atoms with Gasteiger partial charge in [-0.1, -0.05) is 24.3 Å². The van der Waals surface area contributed by atoms with E-state index in [1.54, 1.807) is 0 Å². The van der Waals surface area contributed by atoms with Crippen LogP contribution in [-0.2, 0) is 37.3 Å². The molecule has 1 amide bonds. The van der Waals surface area contributed by atoms with Crippen molar-refractivity contribution in [1.82, 2.24) is 4.31 Å². The van der Waals surface area contributed by atoms with Crippen molar-refractivity contribution in [3.63, 3.8) is 0 Å². The molecule has 1 aliphatic heterocycles. The van der Waals surface area contributed by atoms with Crippen LogP contribution in [0.4, 0.5) is 5.69 Å². The van der Waals surface area contributed by atoms with E-state index in [2.05, 4.69) is 5.32 Å². The quantitative estimate of drug-likeness (QED) is 0.745. The van der Waals surface area contributed by atoms with Crippen LogP contribution in [0.15, 0.2) is 47.4 Å². The molecule has 0 aromatic heterocycles. The third-order valence-electron chi connectivity index (χ3n) is 4.77. The number of hydrogen-bond acceptors (Lipinski definition) is 6. The average Bonchev–Trinajstić information content (AvgIpc) is 2.71. The molecule has 0 unspecified atom stereocenters. The molecule has 2 aromatic rings. The largest absolute Gasteiger partial charge is 0.495 e. The molecule has 1 N–H and O–H groups in total. The minimum atomic E-state index is -4.05. The molecule has 0 saturated heterocycles. The molecule has 1 aliphatic rings. The average molecular weight is 418 g/mol. The Morgan fingerprint density at radius 1 is 1.10 bits per heavy atom. The van der Waals surface area contributed by atoms with E-state index in [0.717, 1.165) is 15.4 Å². The Morgan fingerprint density at radius 3 is 2.41 bits per heavy atom. The van der Waals surface area contributed by atoms with Gasteiger partial charge < -0.3 is 14.8 Å². The van der Waals surface area contributed by atoms with Crippen LogP contribution in [-0.4, -0.2) is 44.9 Å². The van der Waals surface area contributed by atoms with Crippen LogP contribution in [0.1, 0.15) is 18.1 Å². The lowest BCUT2D eigenvalue weighted by atomic mass is 9.96. The summed E-state index contributed by atoms with van der Waals surface area (Å²) in [5.41, 5.74) is 2.10. The Kier molecular flexibility index (Phi) is 5.90. The Hall–Kier alpha value is -2.91. The number of ether oxygens (including phenoxy) is 2. The Bertz CT molecular complexity index is 1050. The van der Waals surface area contributed by atoms with Gasteiger partial charge in [-0.25, -0.2) is 8.42 Å². The van der Waals surface area contributed by atoms with Gasteiger partial charge in [-0.3, -0.25) is 9.59 Å². The summed E-state index contributed by atoms with van der Waals surface area (Å²) in [5, 5.41) is 2.59. The van der Waals surface area contributed by atoms with Crippen molar-refractivity contribution >= 4 is 27.6 Å². The van der Waals surface area contributed by atoms with Gasteiger partial charge in [0.25, 0.3) is 0 Å². The summed E-state index contributed by atoms with van der Waals surface area (Å²) < 4.78 is 38.0. The standard InChI is InChI=1S/C20H22N2O6S/c1-13(23)21-17-9-8-16(11-19(17)27-2)29(25,26)22-12-15-7-5-4-6-14(15)10-18(22)20(24)28-3/h4-9,11,18H,10,12H2,1-3H3,(H,21,23)/t18-/m0/s1. The maximum atomic E-state index is 13.4. The predicted molar refractivity (Wildman–Crippen MR) is 106 cm³/mol. The summed E-state index contributed by atoms with van der Waals surface area (Å²) >= 11 is 0. The monoisotopic (exact) mass is 418 g/mol. The van der Waals surface area contributed by atoms with Crippen LogP contribution in [0.5, 0.6) is 5.75 Å². The second-order valence-electron chi connectivity index (χ2n) is 6.61. The second kappa shape index (κ2) is 8.22. The van der Waals surface area contributed by atoms with E-state index in [1.165, 1.54) is 39.3 Å². The van der Waals surface area contributed by atoms with Crippen molar-refractivity contribution in [2.75, 3.05) is 19.5 Å². The molecule has 0 bridgehead atoms. The molecular weight excluding hydrogens is 396 g/mol. The number of rotatable bonds is 5. The first-order valence-corrected chi connectivity index (χ1v) is 10.3. The van der Waals surface area contributed by atoms with E-state index in [-0.39, 0.29) is 29.5 Å². The van der Waals surface area contributed by atoms with Gasteiger partial charge in [-0.15, -0.1) is 0 Å². The van der Waals surface area contributed by atoms with Crippen molar-refractivity contribution in [3.8, 4) is 5.75 Å². The van der Waals surface area contributed by atoms with Crippen molar-refractivity contribution in [2.24, 2.45) is 0 Å². The maximum absolute atomic E-state index is 13.4. The lowest BCUT2D eigenvalue weighted by Crippen LogP contribution is -2.49. The molecule has 0 fully saturated rings. The molecule has 3 rings (SSSR count). The normalized spacial score (nSPS) is 16.6. The highest BCUT2D eigenvalue weighted by Gasteiger charge is 2.40. The molecular formula is C20H22N2O6S. The predicted octanol–water partition coefficient (Wildman–Crippen LogP) is 1.94. The third kappa shape index (κ3) is 4.10. The van der Waals surface area contributed by atoms with Gasteiger partial charge in [-0.2, -0.15) is 4.31 Å². The fourth-order valence-corrected chi connectivity index (χ4v) is 4.92. The zero-order chi connectivity index (χ0) is 21.2. The number of nitrogens with one attached hydrogen (secondary N) is 1. The topological polar surface area (TPSA) is 102 Å². The van der Waals surface area contributed by atoms with Gasteiger partial charge in [0.2, 0.25) is 15.9 Å². The summed E-state index contributed by atoms with van der Waals surface area (Å²) in [6.07, 6.45) is 0.225. The van der Waals surface area contributed by atoms with E-state index < -0.39 is 22.0 Å². The number of benzene rings is 2. The number of carbonyl (C=O) groups excluding carboxylic acids is 2. The van der Waals surface area contributed by atoms with Crippen molar-refractivity contribution in [1.29, 1.82) is 0 Å². The van der Waals surface area contributed by atoms with Crippen molar-refractivity contribution < 1.29 is 27.5 Å². The molecule has 1 heterocycles. The molecule has 1 atom stereocenters. The first kappa shape index (κ1) is 20.8. The third-order valence-corrected chi connectivity index (χ3v) is 6.62. The maximum Gasteiger partial charge on any atom is 0.324 e. The summed E-state index contributed by atoms with van der Waals surface area (Å²) in [7, 11) is -1.43. The molecule has 8 nitrogen and oxygen atoms in total. The summed E-state index contributed by atoms with van der Waals surface area (Å²) in [4.78, 5) is 23.7. The second-order valence-corrected chi connectivity index (χ2v) is 8.50. The summed E-state index contributed by atoms with van der Waals surface area (Å²) in [5.74, 6) is -0.726. The van der Waals surface area contributed by atoms with Gasteiger partial charge in [0.05, 0.1) is 24.8 Å². The number of fused-ring (bicyclic) bond motifs is 1. The highest BCUT2D eigenvalue weighted by atomic mass is 32.2. The molecule has 0 spiro atoms. The lowest BCUT2D eigenvalue weighted by Gasteiger charge is -2.34. The number of esters is 1. The van der Waals surface area contributed by atoms with Gasteiger partial charge in [0.15, 0.2) is 0 Å². The van der Waals surface area contributed by atoms with Gasteiger partial charge in [0.1, 0.15) is 11.8 Å². The van der Waals surface area contributed by atoms with Crippen molar-refractivity contribution in [3.05, 3.63) is 53.6 Å². The Labute approximate surface area is 169 Å². The first-order chi connectivity index (χ1) is 13.8. The molecule has 29 heavy (non-hydrogen) atoms. The van der Waals surface area contributed by atoms with E-state index in [4.69, 9.17) is 9.47 Å². The van der Waals surface area contributed by atoms with Gasteiger partial charge >= 0.3 is 5.97 Å². The first-order valence-electron chi connectivity index (χ1n) is 8.90. The fourth-order valence-electron chi connectivity index (χ4n) is 3.35. The minimum Gasteiger partial charge on any atom is -0.495 e. The van der Waals surface area contributed by atoms with Gasteiger partial charge in [-0.05, 0) is 23.3 Å². The smallest absolute Gasteiger partial charge is 0.324 e. The number of sulfonamides is 1. The highest BCUT2D eigenvalue weighted by molar-refractivity contribution is 7.89. The van der Waals surface area contributed by atoms with Crippen LogP contribution in [0.2, 0.25) is 0 Å². The Morgan fingerprint density at radius 2 is 1.79 bits per heavy atom. The van der Waals surface area contributed by atoms with Crippen LogP contribution in [0, 0.1) is 0 Å². The molecule has 0 radical (unpaired) electrons. The Balaban J connectivity index is 2.04. The number of anilines is 1. The molecule has 9 heteroatoms. The van der Waals surface area contributed by atoms with E-state index in [9.17, 15) is 18.0 Å². The number of nitrogens with zero attached hydrogens (tertiary/aromatic N) is 1. The zero-order valence-corrected chi connectivity index (χ0v) is 17.2. The molecule has 0 saturated carbocycles. The number of hydrogen-bond donors (Lipinski definition) is 1. The SMILES string of the molecule is COC(=O)[C@@H]1Cc2ccccc2CN1S(=O)(=O)c1ccc(NC(C)=O)c(OC)c1. The number of carbonyl (C=O) groups is 2. The fraction of sp³-hybridized carbons (Fsp3) is 0.300. The van der Waals surface area contributed by atoms with Crippen LogP contribution in [0.3, 0.4) is 0 Å². The molecule has 154 valence electrons. The molecule has 0 aliphatic carbocycles. The highest BCUT2D eigenvalue weighted by Crippen LogP contribution is 2.33. The summed E-state index contributed by atoms with van der Waals surface area (Å²) in [6, 6.07) is 10.6. The summed E-state index contributed by atoms with van der Waals surface area (Å²) in [6.45, 7) is 1.39. The van der Waals surface area contributed by atoms with Crippen LogP contribution in [0.25, 0.3) is 0 Å². The lowest BCUT2D eigenvalue weighted by molar-refractivity contribution is -0.145. The van der Waals surface area contributed by atoms with Crippen LogP contribution < -0.4 is 10.1 Å². The number of amides is 1.